The fraction of sp³-hybridized carbons (Fsp3) is 0.867. The number of hydrogen-bond donors (Lipinski definition) is 2. The lowest BCUT2D eigenvalue weighted by molar-refractivity contribution is -0.155. The van der Waals surface area contributed by atoms with Gasteiger partial charge in [-0.25, -0.2) is 0 Å². The molecule has 0 aromatic rings. The highest BCUT2D eigenvalue weighted by Crippen LogP contribution is 2.09. The molecule has 0 heterocycles. The van der Waals surface area contributed by atoms with Gasteiger partial charge in [-0.05, 0) is 6.42 Å². The predicted molar refractivity (Wildman–Crippen MR) is 76.3 cm³/mol. The Morgan fingerprint density at radius 3 is 2.05 bits per heavy atom. The Balaban J connectivity index is 3.55. The topological polar surface area (TPSA) is 83.8 Å². The highest BCUT2D eigenvalue weighted by atomic mass is 16.6. The van der Waals surface area contributed by atoms with E-state index in [1.165, 1.54) is 25.7 Å². The van der Waals surface area contributed by atoms with Crippen molar-refractivity contribution in [1.29, 1.82) is 0 Å². The van der Waals surface area contributed by atoms with Gasteiger partial charge in [0.2, 0.25) is 0 Å². The lowest BCUT2D eigenvalue weighted by Crippen LogP contribution is -2.26. The van der Waals surface area contributed by atoms with Crippen molar-refractivity contribution in [2.24, 2.45) is 0 Å². The van der Waals surface area contributed by atoms with Gasteiger partial charge in [0.25, 0.3) is 0 Å². The molecule has 5 nitrogen and oxygen atoms in total. The van der Waals surface area contributed by atoms with E-state index in [1.807, 2.05) is 0 Å². The second-order valence-corrected chi connectivity index (χ2v) is 5.06. The van der Waals surface area contributed by atoms with Crippen LogP contribution in [-0.4, -0.2) is 41.3 Å². The zero-order valence-electron chi connectivity index (χ0n) is 12.5. The summed E-state index contributed by atoms with van der Waals surface area (Å²) in [4.78, 5) is 22.8. The quantitative estimate of drug-likeness (QED) is 0.307. The summed E-state index contributed by atoms with van der Waals surface area (Å²) in [6, 6.07) is 0. The van der Waals surface area contributed by atoms with Gasteiger partial charge < -0.3 is 14.9 Å². The van der Waals surface area contributed by atoms with Crippen LogP contribution in [0.25, 0.3) is 0 Å². The molecule has 5 heteroatoms. The van der Waals surface area contributed by atoms with Crippen LogP contribution in [0.2, 0.25) is 0 Å². The Labute approximate surface area is 121 Å². The number of hydrogen-bond acceptors (Lipinski definition) is 5. The first-order valence-electron chi connectivity index (χ1n) is 7.56. The maximum atomic E-state index is 11.5. The minimum atomic E-state index is -0.922. The molecule has 0 saturated carbocycles. The number of carbonyl (C=O) groups is 2. The van der Waals surface area contributed by atoms with Crippen LogP contribution in [-0.2, 0) is 14.3 Å². The predicted octanol–water partition coefficient (Wildman–Crippen LogP) is 1.98. The third kappa shape index (κ3) is 10.9. The first-order valence-corrected chi connectivity index (χ1v) is 7.56. The molecule has 0 radical (unpaired) electrons. The van der Waals surface area contributed by atoms with Gasteiger partial charge in [0.15, 0.2) is 0 Å². The average Bonchev–Trinajstić information content (AvgIpc) is 2.43. The number of ketones is 1. The Hall–Kier alpha value is -0.940. The average molecular weight is 288 g/mol. The van der Waals surface area contributed by atoms with E-state index >= 15 is 0 Å². The maximum Gasteiger partial charge on any atom is 0.313 e. The number of aliphatic hydroxyl groups excluding tert-OH is 2. The lowest BCUT2D eigenvalue weighted by atomic mass is 10.1. The van der Waals surface area contributed by atoms with Crippen molar-refractivity contribution in [1.82, 2.24) is 0 Å². The van der Waals surface area contributed by atoms with Crippen molar-refractivity contribution in [2.45, 2.75) is 70.8 Å². The molecule has 0 aliphatic heterocycles. The molecule has 20 heavy (non-hydrogen) atoms. The summed E-state index contributed by atoms with van der Waals surface area (Å²) >= 11 is 0. The minimum absolute atomic E-state index is 0.141. The summed E-state index contributed by atoms with van der Waals surface area (Å²) < 4.78 is 4.73. The number of unbranched alkanes of at least 4 members (excludes halogenated alkanes) is 6. The molecule has 0 aliphatic rings. The van der Waals surface area contributed by atoms with Gasteiger partial charge in [0.05, 0.1) is 13.2 Å². The van der Waals surface area contributed by atoms with E-state index in [9.17, 15) is 9.59 Å². The van der Waals surface area contributed by atoms with E-state index in [1.54, 1.807) is 0 Å². The molecule has 0 unspecified atom stereocenters. The number of ether oxygens (including phenoxy) is 1. The lowest BCUT2D eigenvalue weighted by Gasteiger charge is -2.12. The van der Waals surface area contributed by atoms with Crippen LogP contribution in [0.3, 0.4) is 0 Å². The van der Waals surface area contributed by atoms with Crippen molar-refractivity contribution >= 4 is 11.8 Å². The number of aliphatic hydroxyl groups is 2. The van der Waals surface area contributed by atoms with Crippen LogP contribution in [0.4, 0.5) is 0 Å². The first-order chi connectivity index (χ1) is 9.63. The molecule has 0 bridgehead atoms. The summed E-state index contributed by atoms with van der Waals surface area (Å²) in [5.74, 6) is -0.816. The molecule has 2 N–H and O–H groups in total. The Kier molecular flexibility index (Phi) is 12.4. The molecule has 0 atom stereocenters. The number of esters is 1. The van der Waals surface area contributed by atoms with Crippen LogP contribution in [0.5, 0.6) is 0 Å². The zero-order chi connectivity index (χ0) is 15.2. The third-order valence-corrected chi connectivity index (χ3v) is 3.11. The van der Waals surface area contributed by atoms with Crippen molar-refractivity contribution < 1.29 is 24.5 Å². The molecule has 0 amide bonds. The van der Waals surface area contributed by atoms with Crippen LogP contribution in [0.1, 0.15) is 64.7 Å². The molecular formula is C15H28O5. The summed E-state index contributed by atoms with van der Waals surface area (Å²) in [6.45, 7) is 1.30. The molecule has 0 fully saturated rings. The standard InChI is InChI=1S/C15H28O5/c1-2-3-4-5-6-7-8-9-13(18)10-15(19)20-14(11-16)12-17/h14,16-17H,2-12H2,1H3. The molecule has 0 spiro atoms. The Bertz CT molecular complexity index is 261. The zero-order valence-corrected chi connectivity index (χ0v) is 12.5. The first kappa shape index (κ1) is 19.1. The van der Waals surface area contributed by atoms with Gasteiger partial charge >= 0.3 is 5.97 Å². The molecule has 0 aromatic heterocycles. The fourth-order valence-electron chi connectivity index (χ4n) is 1.89. The van der Waals surface area contributed by atoms with Crippen LogP contribution in [0.15, 0.2) is 0 Å². The largest absolute Gasteiger partial charge is 0.457 e. The van der Waals surface area contributed by atoms with Gasteiger partial charge in [-0.3, -0.25) is 9.59 Å². The summed E-state index contributed by atoms with van der Waals surface area (Å²) in [5, 5.41) is 17.5. The number of carbonyl (C=O) groups excluding carboxylic acids is 2. The van der Waals surface area contributed by atoms with Gasteiger partial charge in [0.1, 0.15) is 18.3 Å². The Morgan fingerprint density at radius 2 is 1.50 bits per heavy atom. The normalized spacial score (nSPS) is 10.8. The van der Waals surface area contributed by atoms with Crippen molar-refractivity contribution in [3.05, 3.63) is 0 Å². The second kappa shape index (κ2) is 13.1. The highest BCUT2D eigenvalue weighted by Gasteiger charge is 2.15. The minimum Gasteiger partial charge on any atom is -0.457 e. The molecule has 0 saturated heterocycles. The summed E-state index contributed by atoms with van der Waals surface area (Å²) in [6.07, 6.45) is 7.10. The molecule has 0 aromatic carbocycles. The van der Waals surface area contributed by atoms with Crippen LogP contribution in [0, 0.1) is 0 Å². The van der Waals surface area contributed by atoms with Crippen LogP contribution >= 0.6 is 0 Å². The third-order valence-electron chi connectivity index (χ3n) is 3.11. The monoisotopic (exact) mass is 288 g/mol. The molecule has 0 aliphatic carbocycles. The maximum absolute atomic E-state index is 11.5. The van der Waals surface area contributed by atoms with E-state index < -0.39 is 25.3 Å². The van der Waals surface area contributed by atoms with E-state index in [2.05, 4.69) is 6.92 Å². The van der Waals surface area contributed by atoms with Crippen molar-refractivity contribution in [3.8, 4) is 0 Å². The summed E-state index contributed by atoms with van der Waals surface area (Å²) in [7, 11) is 0. The van der Waals surface area contributed by atoms with Gasteiger partial charge in [-0.1, -0.05) is 45.4 Å². The van der Waals surface area contributed by atoms with Gasteiger partial charge in [-0.15, -0.1) is 0 Å². The van der Waals surface area contributed by atoms with E-state index in [0.29, 0.717) is 6.42 Å². The number of Topliss-reactive ketones (excluding diaryl/α,β-unsaturated/α-hetero) is 1. The highest BCUT2D eigenvalue weighted by molar-refractivity contribution is 5.95. The second-order valence-electron chi connectivity index (χ2n) is 5.06. The van der Waals surface area contributed by atoms with Crippen molar-refractivity contribution in [2.75, 3.05) is 13.2 Å². The SMILES string of the molecule is CCCCCCCCCC(=O)CC(=O)OC(CO)CO. The molecule has 118 valence electrons. The molecule has 0 rings (SSSR count). The molecular weight excluding hydrogens is 260 g/mol. The Morgan fingerprint density at radius 1 is 0.950 bits per heavy atom. The van der Waals surface area contributed by atoms with E-state index in [4.69, 9.17) is 14.9 Å². The van der Waals surface area contributed by atoms with Crippen molar-refractivity contribution in [3.63, 3.8) is 0 Å². The van der Waals surface area contributed by atoms with Gasteiger partial charge in [0, 0.05) is 6.42 Å². The van der Waals surface area contributed by atoms with E-state index in [-0.39, 0.29) is 12.2 Å². The fourth-order valence-corrected chi connectivity index (χ4v) is 1.89. The van der Waals surface area contributed by atoms with E-state index in [0.717, 1.165) is 19.3 Å². The van der Waals surface area contributed by atoms with Gasteiger partial charge in [-0.2, -0.15) is 0 Å². The number of rotatable bonds is 13. The summed E-state index contributed by atoms with van der Waals surface area (Å²) in [5.41, 5.74) is 0. The van der Waals surface area contributed by atoms with Crippen LogP contribution < -0.4 is 0 Å². The smallest absolute Gasteiger partial charge is 0.313 e.